The maximum Gasteiger partial charge on any atom is 0.270 e. The smallest absolute Gasteiger partial charge is 0.268 e. The van der Waals surface area contributed by atoms with Crippen LogP contribution in [0, 0.1) is 22.9 Å². The molecule has 0 aliphatic heterocycles. The van der Waals surface area contributed by atoms with Gasteiger partial charge in [0.1, 0.15) is 18.3 Å². The first kappa shape index (κ1) is 15.7. The second-order valence-electron chi connectivity index (χ2n) is 5.19. The van der Waals surface area contributed by atoms with Crippen LogP contribution in [0.1, 0.15) is 11.4 Å². The van der Waals surface area contributed by atoms with E-state index in [0.29, 0.717) is 5.56 Å². The summed E-state index contributed by atoms with van der Waals surface area (Å²) in [7, 11) is 0. The average Bonchev–Trinajstić information content (AvgIpc) is 2.55. The summed E-state index contributed by atoms with van der Waals surface area (Å²) in [6.45, 7) is 0.559. The number of benzene rings is 2. The van der Waals surface area contributed by atoms with Gasteiger partial charge < -0.3 is 0 Å². The van der Waals surface area contributed by atoms with Crippen molar-refractivity contribution in [3.63, 3.8) is 0 Å². The van der Waals surface area contributed by atoms with E-state index in [2.05, 4.69) is 4.98 Å². The van der Waals surface area contributed by atoms with Gasteiger partial charge in [-0.2, -0.15) is 0 Å². The van der Waals surface area contributed by atoms with E-state index in [0.717, 1.165) is 16.7 Å². The van der Waals surface area contributed by atoms with Gasteiger partial charge in [-0.3, -0.25) is 19.5 Å². The number of halogens is 2. The highest BCUT2D eigenvalue weighted by atomic mass is 19.1. The Morgan fingerprint density at radius 2 is 2.00 bits per heavy atom. The molecule has 0 aliphatic carbocycles. The predicted molar refractivity (Wildman–Crippen MR) is 83.5 cm³/mol. The largest absolute Gasteiger partial charge is 0.270 e. The molecule has 6 nitrogen and oxygen atoms in total. The van der Waals surface area contributed by atoms with Crippen LogP contribution in [0.3, 0.4) is 0 Å². The van der Waals surface area contributed by atoms with Crippen LogP contribution < -0.4 is 5.56 Å². The van der Waals surface area contributed by atoms with Gasteiger partial charge in [-0.15, -0.1) is 0 Å². The van der Waals surface area contributed by atoms with Crippen LogP contribution in [0.2, 0.25) is 0 Å². The summed E-state index contributed by atoms with van der Waals surface area (Å²) in [6, 6.07) is 7.30. The van der Waals surface area contributed by atoms with Gasteiger partial charge in [0.05, 0.1) is 21.5 Å². The van der Waals surface area contributed by atoms with E-state index in [9.17, 15) is 23.7 Å². The highest BCUT2D eigenvalue weighted by Crippen LogP contribution is 2.21. The third-order valence-corrected chi connectivity index (χ3v) is 3.65. The fourth-order valence-electron chi connectivity index (χ4n) is 2.54. The van der Waals surface area contributed by atoms with Gasteiger partial charge in [-0.05, 0) is 36.8 Å². The molecule has 0 radical (unpaired) electrons. The van der Waals surface area contributed by atoms with E-state index in [4.69, 9.17) is 0 Å². The maximum absolute atomic E-state index is 13.4. The van der Waals surface area contributed by atoms with Crippen LogP contribution in [0.25, 0.3) is 16.6 Å². The molecule has 0 saturated heterocycles. The Kier molecular flexibility index (Phi) is 3.80. The lowest BCUT2D eigenvalue weighted by Crippen LogP contribution is -2.24. The van der Waals surface area contributed by atoms with Crippen molar-refractivity contribution in [1.82, 2.24) is 9.55 Å². The van der Waals surface area contributed by atoms with Crippen molar-refractivity contribution >= 4 is 16.6 Å². The van der Waals surface area contributed by atoms with Gasteiger partial charge in [-0.1, -0.05) is 0 Å². The molecular formula is C16H11F2N3O3. The van der Waals surface area contributed by atoms with Crippen LogP contribution >= 0.6 is 0 Å². The summed E-state index contributed by atoms with van der Waals surface area (Å²) in [5, 5.41) is 10.9. The number of hydrogen-bond acceptors (Lipinski definition) is 4. The highest BCUT2D eigenvalue weighted by molar-refractivity contribution is 5.80. The first-order valence-corrected chi connectivity index (χ1v) is 6.95. The van der Waals surface area contributed by atoms with Crippen molar-refractivity contribution < 1.29 is 13.7 Å². The summed E-state index contributed by atoms with van der Waals surface area (Å²) in [5.74, 6) is -0.647. The zero-order valence-corrected chi connectivity index (χ0v) is 12.5. The monoisotopic (exact) mass is 331 g/mol. The molecule has 0 bridgehead atoms. The van der Waals surface area contributed by atoms with Crippen LogP contribution in [0.15, 0.2) is 41.2 Å². The Labute approximate surface area is 134 Å². The first-order valence-electron chi connectivity index (χ1n) is 6.95. The van der Waals surface area contributed by atoms with Gasteiger partial charge in [0.15, 0.2) is 0 Å². The standard InChI is InChI=1S/C16H11F2N3O3/c1-9-6-10(18)2-5-14(9)20-15(8-17)19-13-4-3-11(21(23)24)7-12(13)16(20)22/h2-7H,8H2,1H3. The van der Waals surface area contributed by atoms with Crippen LogP contribution in [0.4, 0.5) is 14.5 Å². The number of nitrogens with zero attached hydrogens (tertiary/aromatic N) is 3. The van der Waals surface area contributed by atoms with Gasteiger partial charge in [0.25, 0.3) is 11.2 Å². The molecule has 3 aromatic rings. The number of alkyl halides is 1. The fourth-order valence-corrected chi connectivity index (χ4v) is 2.54. The van der Waals surface area contributed by atoms with Gasteiger partial charge in [0.2, 0.25) is 0 Å². The minimum Gasteiger partial charge on any atom is -0.268 e. The molecule has 3 rings (SSSR count). The number of aromatic nitrogens is 2. The summed E-state index contributed by atoms with van der Waals surface area (Å²) >= 11 is 0. The molecule has 0 unspecified atom stereocenters. The molecule has 0 aliphatic rings. The number of rotatable bonds is 3. The number of hydrogen-bond donors (Lipinski definition) is 0. The van der Waals surface area contributed by atoms with Gasteiger partial charge in [0, 0.05) is 12.1 Å². The predicted octanol–water partition coefficient (Wildman–Crippen LogP) is 3.21. The van der Waals surface area contributed by atoms with Crippen molar-refractivity contribution in [3.8, 4) is 5.69 Å². The topological polar surface area (TPSA) is 78.0 Å². The van der Waals surface area contributed by atoms with Crippen molar-refractivity contribution in [2.75, 3.05) is 0 Å². The van der Waals surface area contributed by atoms with E-state index < -0.39 is 23.0 Å². The van der Waals surface area contributed by atoms with Crippen molar-refractivity contribution in [2.24, 2.45) is 0 Å². The molecule has 0 spiro atoms. The molecular weight excluding hydrogens is 320 g/mol. The molecule has 1 aromatic heterocycles. The Bertz CT molecular complexity index is 1030. The lowest BCUT2D eigenvalue weighted by molar-refractivity contribution is -0.384. The maximum atomic E-state index is 13.4. The highest BCUT2D eigenvalue weighted by Gasteiger charge is 2.17. The van der Waals surface area contributed by atoms with E-state index in [1.54, 1.807) is 6.92 Å². The molecule has 1 heterocycles. The lowest BCUT2D eigenvalue weighted by Gasteiger charge is -2.13. The zero-order valence-electron chi connectivity index (χ0n) is 12.5. The quantitative estimate of drug-likeness (QED) is 0.545. The normalized spacial score (nSPS) is 11.0. The number of aryl methyl sites for hydroxylation is 1. The molecule has 0 fully saturated rings. The van der Waals surface area contributed by atoms with Gasteiger partial charge in [-0.25, -0.2) is 13.8 Å². The second-order valence-corrected chi connectivity index (χ2v) is 5.19. The third kappa shape index (κ3) is 2.51. The van der Waals surface area contributed by atoms with Gasteiger partial charge >= 0.3 is 0 Å². The Balaban J connectivity index is 2.39. The molecule has 0 saturated carbocycles. The number of non-ortho nitro benzene ring substituents is 1. The Hall–Kier alpha value is -3.16. The molecule has 8 heteroatoms. The van der Waals surface area contributed by atoms with Crippen molar-refractivity contribution in [1.29, 1.82) is 0 Å². The van der Waals surface area contributed by atoms with Crippen LogP contribution in [0.5, 0.6) is 0 Å². The molecule has 122 valence electrons. The second kappa shape index (κ2) is 5.80. The first-order chi connectivity index (χ1) is 11.4. The number of nitro benzene ring substituents is 1. The minimum absolute atomic E-state index is 0.00914. The number of nitro groups is 1. The Morgan fingerprint density at radius 1 is 1.25 bits per heavy atom. The van der Waals surface area contributed by atoms with Crippen molar-refractivity contribution in [2.45, 2.75) is 13.6 Å². The molecule has 24 heavy (non-hydrogen) atoms. The van der Waals surface area contributed by atoms with Crippen LogP contribution in [-0.2, 0) is 6.67 Å². The zero-order chi connectivity index (χ0) is 17.4. The van der Waals surface area contributed by atoms with Crippen molar-refractivity contribution in [3.05, 3.63) is 74.1 Å². The summed E-state index contributed by atoms with van der Waals surface area (Å²) in [6.07, 6.45) is 0. The molecule has 0 N–H and O–H groups in total. The Morgan fingerprint density at radius 3 is 2.62 bits per heavy atom. The summed E-state index contributed by atoms with van der Waals surface area (Å²) in [5.41, 5.74) is -0.0644. The number of fused-ring (bicyclic) bond motifs is 1. The average molecular weight is 331 g/mol. The minimum atomic E-state index is -1.01. The molecule has 0 atom stereocenters. The van der Waals surface area contributed by atoms with E-state index in [1.807, 2.05) is 0 Å². The van der Waals surface area contributed by atoms with E-state index >= 15 is 0 Å². The van der Waals surface area contributed by atoms with E-state index in [-0.39, 0.29) is 28.1 Å². The molecule has 2 aromatic carbocycles. The third-order valence-electron chi connectivity index (χ3n) is 3.65. The fraction of sp³-hybridized carbons (Fsp3) is 0.125. The van der Waals surface area contributed by atoms with E-state index in [1.165, 1.54) is 24.3 Å². The van der Waals surface area contributed by atoms with Crippen LogP contribution in [-0.4, -0.2) is 14.5 Å². The summed E-state index contributed by atoms with van der Waals surface area (Å²) in [4.78, 5) is 27.1. The SMILES string of the molecule is Cc1cc(F)ccc1-n1c(CF)nc2ccc([N+](=O)[O-])cc2c1=O. The summed E-state index contributed by atoms with van der Waals surface area (Å²) < 4.78 is 27.7. The molecule has 0 amide bonds. The lowest BCUT2D eigenvalue weighted by atomic mass is 10.1.